The maximum atomic E-state index is 12.6. The Bertz CT molecular complexity index is 1170. The number of Topliss-reactive ketones (excluding diaryl/α,β-unsaturated/α-hetero) is 1. The maximum Gasteiger partial charge on any atom is 0.330 e. The predicted octanol–water partition coefficient (Wildman–Crippen LogP) is 2.28. The van der Waals surface area contributed by atoms with Crippen LogP contribution in [-0.4, -0.2) is 52.3 Å². The molecule has 3 atom stereocenters. The molecule has 2 amide bonds. The van der Waals surface area contributed by atoms with Crippen LogP contribution in [0.1, 0.15) is 25.8 Å². The molecular formula is C22H19Cl3N2O8. The minimum atomic E-state index is -1.43. The Hall–Kier alpha value is -3.08. The van der Waals surface area contributed by atoms with Crippen LogP contribution in [0.3, 0.4) is 0 Å². The van der Waals surface area contributed by atoms with Crippen LogP contribution >= 0.6 is 34.8 Å². The fourth-order valence-corrected chi connectivity index (χ4v) is 4.54. The molecule has 1 heterocycles. The van der Waals surface area contributed by atoms with Crippen LogP contribution in [-0.2, 0) is 35.1 Å². The van der Waals surface area contributed by atoms with Crippen molar-refractivity contribution < 1.29 is 38.6 Å². The van der Waals surface area contributed by atoms with Gasteiger partial charge in [0, 0.05) is 32.8 Å². The number of esters is 1. The summed E-state index contributed by atoms with van der Waals surface area (Å²) in [6.45, 7) is 2.44. The van der Waals surface area contributed by atoms with Gasteiger partial charge in [0.2, 0.25) is 17.6 Å². The molecule has 13 heteroatoms. The monoisotopic (exact) mass is 544 g/mol. The molecule has 2 aliphatic rings. The lowest BCUT2D eigenvalue weighted by Crippen LogP contribution is -2.41. The van der Waals surface area contributed by atoms with E-state index in [4.69, 9.17) is 44.3 Å². The van der Waals surface area contributed by atoms with Gasteiger partial charge in [-0.25, -0.2) is 9.59 Å². The van der Waals surface area contributed by atoms with E-state index >= 15 is 0 Å². The van der Waals surface area contributed by atoms with E-state index in [9.17, 15) is 29.1 Å². The molecule has 35 heavy (non-hydrogen) atoms. The van der Waals surface area contributed by atoms with Crippen LogP contribution < -0.4 is 15.4 Å². The van der Waals surface area contributed by atoms with Crippen molar-refractivity contribution in [2.24, 2.45) is 0 Å². The summed E-state index contributed by atoms with van der Waals surface area (Å²) in [5.41, 5.74) is -1.05. The van der Waals surface area contributed by atoms with Crippen LogP contribution in [0.4, 0.5) is 0 Å². The molecule has 0 saturated carbocycles. The molecule has 186 valence electrons. The number of allylic oxidation sites excluding steroid dienone is 1. The second-order valence-corrected chi connectivity index (χ2v) is 9.17. The summed E-state index contributed by atoms with van der Waals surface area (Å²) in [5.74, 6) is -4.07. The Labute approximate surface area is 214 Å². The number of hydrogen-bond acceptors (Lipinski definition) is 7. The lowest BCUT2D eigenvalue weighted by Gasteiger charge is -2.26. The van der Waals surface area contributed by atoms with E-state index < -0.39 is 47.2 Å². The number of halogens is 3. The standard InChI is InChI=1S/C22H19Cl3N2O8/c1-9(28)26-15(20(31)32)5-11-3-12(23)19(13(24)4-11)34-17-8-22(6-14(25)18(17)30)7-16(21(33)35-22)27-10(2)29/h3-4,6,8,15-16H,5,7H2,1-2H3,(H,26,28)(H,27,29)(H,31,32)/t15-,16+,22?/m0/s1. The fraction of sp³-hybridized carbons (Fsp3) is 0.318. The summed E-state index contributed by atoms with van der Waals surface area (Å²) in [6.07, 6.45) is 2.36. The summed E-state index contributed by atoms with van der Waals surface area (Å²) >= 11 is 18.7. The second-order valence-electron chi connectivity index (χ2n) is 7.95. The number of carboxylic acid groups (broad SMARTS) is 1. The van der Waals surface area contributed by atoms with Gasteiger partial charge in [-0.15, -0.1) is 0 Å². The summed E-state index contributed by atoms with van der Waals surface area (Å²) in [5, 5.41) is 13.7. The van der Waals surface area contributed by atoms with Gasteiger partial charge in [0.15, 0.2) is 17.1 Å². The Balaban J connectivity index is 1.88. The molecule has 1 spiro atoms. The largest absolute Gasteiger partial charge is 0.480 e. The lowest BCUT2D eigenvalue weighted by molar-refractivity contribution is -0.145. The van der Waals surface area contributed by atoms with E-state index in [2.05, 4.69) is 10.6 Å². The Morgan fingerprint density at radius 2 is 1.77 bits per heavy atom. The number of hydrogen-bond donors (Lipinski definition) is 3. The minimum absolute atomic E-state index is 0.0259. The number of benzene rings is 1. The summed E-state index contributed by atoms with van der Waals surface area (Å²) in [6, 6.07) is 0.594. The Morgan fingerprint density at radius 1 is 1.14 bits per heavy atom. The number of carbonyl (C=O) groups excluding carboxylic acids is 4. The SMILES string of the molecule is CC(=O)N[C@@H](Cc1cc(Cl)c(OC2=CC3(C=C(Cl)C2=O)C[C@@H](NC(C)=O)C(=O)O3)c(Cl)c1)C(=O)O. The topological polar surface area (TPSA) is 148 Å². The molecule has 1 unspecified atom stereocenters. The van der Waals surface area contributed by atoms with E-state index in [0.717, 1.165) is 0 Å². The molecule has 0 bridgehead atoms. The first-order valence-electron chi connectivity index (χ1n) is 10.1. The smallest absolute Gasteiger partial charge is 0.330 e. The van der Waals surface area contributed by atoms with Crippen molar-refractivity contribution in [2.75, 3.05) is 0 Å². The van der Waals surface area contributed by atoms with Gasteiger partial charge < -0.3 is 25.2 Å². The molecule has 10 nitrogen and oxygen atoms in total. The summed E-state index contributed by atoms with van der Waals surface area (Å²) in [7, 11) is 0. The van der Waals surface area contributed by atoms with Crippen LogP contribution in [0.5, 0.6) is 5.75 Å². The number of rotatable bonds is 7. The molecule has 1 aromatic rings. The fourth-order valence-electron chi connectivity index (χ4n) is 3.66. The Kier molecular flexibility index (Phi) is 7.78. The third-order valence-corrected chi connectivity index (χ3v) is 5.89. The molecule has 1 aromatic carbocycles. The van der Waals surface area contributed by atoms with Crippen LogP contribution in [0, 0.1) is 0 Å². The van der Waals surface area contributed by atoms with Crippen molar-refractivity contribution in [3.8, 4) is 5.75 Å². The highest BCUT2D eigenvalue weighted by atomic mass is 35.5. The average molecular weight is 546 g/mol. The van der Waals surface area contributed by atoms with Gasteiger partial charge >= 0.3 is 11.9 Å². The van der Waals surface area contributed by atoms with E-state index in [1.54, 1.807) is 0 Å². The van der Waals surface area contributed by atoms with Gasteiger partial charge in [-0.3, -0.25) is 14.4 Å². The number of aliphatic carboxylic acids is 1. The normalized spacial score (nSPS) is 22.1. The zero-order valence-corrected chi connectivity index (χ0v) is 20.6. The molecule has 3 rings (SSSR count). The molecule has 1 aliphatic carbocycles. The molecule has 1 aliphatic heterocycles. The average Bonchev–Trinajstić information content (AvgIpc) is 3.01. The van der Waals surface area contributed by atoms with Gasteiger partial charge in [-0.1, -0.05) is 34.8 Å². The highest BCUT2D eigenvalue weighted by Crippen LogP contribution is 2.40. The maximum absolute atomic E-state index is 12.6. The predicted molar refractivity (Wildman–Crippen MR) is 124 cm³/mol. The van der Waals surface area contributed by atoms with Crippen LogP contribution in [0.2, 0.25) is 10.0 Å². The number of carboxylic acids is 1. The van der Waals surface area contributed by atoms with Gasteiger partial charge in [0.25, 0.3) is 0 Å². The number of ether oxygens (including phenoxy) is 2. The van der Waals surface area contributed by atoms with Crippen LogP contribution in [0.15, 0.2) is 35.1 Å². The number of ketones is 1. The third-order valence-electron chi connectivity index (χ3n) is 5.05. The molecular weight excluding hydrogens is 527 g/mol. The zero-order valence-electron chi connectivity index (χ0n) is 18.3. The van der Waals surface area contributed by atoms with E-state index in [1.807, 2.05) is 0 Å². The first kappa shape index (κ1) is 26.5. The van der Waals surface area contributed by atoms with E-state index in [1.165, 1.54) is 38.1 Å². The summed E-state index contributed by atoms with van der Waals surface area (Å²) < 4.78 is 11.1. The van der Waals surface area contributed by atoms with Crippen LogP contribution in [0.25, 0.3) is 0 Å². The van der Waals surface area contributed by atoms with Gasteiger partial charge in [-0.05, 0) is 23.8 Å². The second kappa shape index (κ2) is 10.3. The highest BCUT2D eigenvalue weighted by molar-refractivity contribution is 6.45. The minimum Gasteiger partial charge on any atom is -0.480 e. The molecule has 1 fully saturated rings. The van der Waals surface area contributed by atoms with E-state index in [-0.39, 0.29) is 39.4 Å². The van der Waals surface area contributed by atoms with Gasteiger partial charge in [-0.2, -0.15) is 0 Å². The number of amides is 2. The van der Waals surface area contributed by atoms with Crippen molar-refractivity contribution in [3.63, 3.8) is 0 Å². The molecule has 3 N–H and O–H groups in total. The molecule has 0 radical (unpaired) electrons. The third kappa shape index (κ3) is 6.14. The zero-order chi connectivity index (χ0) is 26.1. The lowest BCUT2D eigenvalue weighted by atomic mass is 9.91. The highest BCUT2D eigenvalue weighted by Gasteiger charge is 2.48. The van der Waals surface area contributed by atoms with E-state index in [0.29, 0.717) is 5.56 Å². The number of carbonyl (C=O) groups is 5. The van der Waals surface area contributed by atoms with Gasteiger partial charge in [0.05, 0.1) is 15.1 Å². The molecule has 1 saturated heterocycles. The van der Waals surface area contributed by atoms with Crippen molar-refractivity contribution in [1.29, 1.82) is 0 Å². The molecule has 0 aromatic heterocycles. The Morgan fingerprint density at radius 3 is 2.31 bits per heavy atom. The van der Waals surface area contributed by atoms with Crippen molar-refractivity contribution >= 4 is 64.3 Å². The quantitative estimate of drug-likeness (QED) is 0.442. The number of nitrogens with one attached hydrogen (secondary N) is 2. The van der Waals surface area contributed by atoms with Crippen molar-refractivity contribution in [3.05, 3.63) is 50.7 Å². The summed E-state index contributed by atoms with van der Waals surface area (Å²) in [4.78, 5) is 58.9. The van der Waals surface area contributed by atoms with Crippen molar-refractivity contribution in [2.45, 2.75) is 44.4 Å². The van der Waals surface area contributed by atoms with Gasteiger partial charge in [0.1, 0.15) is 12.1 Å². The van der Waals surface area contributed by atoms with Crippen molar-refractivity contribution in [1.82, 2.24) is 10.6 Å². The first-order valence-corrected chi connectivity index (χ1v) is 11.2. The first-order chi connectivity index (χ1) is 16.3.